The minimum Gasteiger partial charge on any atom is -0.443 e. The Bertz CT molecular complexity index is 1360. The number of amides is 1. The summed E-state index contributed by atoms with van der Waals surface area (Å²) in [5.74, 6) is 0.403. The zero-order chi connectivity index (χ0) is 25.7. The number of hydrogen-bond donors (Lipinski definition) is 2. The number of imidazole rings is 1. The number of nitrogens with one attached hydrogen (secondary N) is 2. The minimum absolute atomic E-state index is 0.185. The summed E-state index contributed by atoms with van der Waals surface area (Å²) in [6.45, 7) is 9.00. The summed E-state index contributed by atoms with van der Waals surface area (Å²) < 4.78 is 7.15. The van der Waals surface area contributed by atoms with E-state index in [0.29, 0.717) is 37.6 Å². The quantitative estimate of drug-likeness (QED) is 0.332. The Hall–Kier alpha value is -3.56. The van der Waals surface area contributed by atoms with Crippen LogP contribution in [0.2, 0.25) is 0 Å². The normalized spacial score (nSPS) is 11.6. The van der Waals surface area contributed by atoms with Gasteiger partial charge in [-0.1, -0.05) is 36.4 Å². The summed E-state index contributed by atoms with van der Waals surface area (Å²) in [6, 6.07) is 15.6. The van der Waals surface area contributed by atoms with Crippen molar-refractivity contribution < 1.29 is 14.3 Å². The molecule has 2 heterocycles. The van der Waals surface area contributed by atoms with Crippen molar-refractivity contribution >= 4 is 34.4 Å². The monoisotopic (exact) mass is 505 g/mol. The van der Waals surface area contributed by atoms with Crippen LogP contribution >= 0.6 is 11.3 Å². The number of carbonyl (C=O) groups is 2. The van der Waals surface area contributed by atoms with Gasteiger partial charge in [0.05, 0.1) is 22.6 Å². The third kappa shape index (κ3) is 6.56. The number of aryl methyl sites for hydroxylation is 1. The van der Waals surface area contributed by atoms with E-state index in [1.807, 2.05) is 76.2 Å². The van der Waals surface area contributed by atoms with Crippen LogP contribution in [0, 0.1) is 6.92 Å². The van der Waals surface area contributed by atoms with Crippen molar-refractivity contribution in [3.63, 3.8) is 0 Å². The number of fused-ring (bicyclic) bond motifs is 1. The molecular formula is C27H31N5O3S. The number of benzene rings is 2. The van der Waals surface area contributed by atoms with Crippen LogP contribution in [0.15, 0.2) is 53.9 Å². The Labute approximate surface area is 214 Å². The Morgan fingerprint density at radius 1 is 1.06 bits per heavy atom. The van der Waals surface area contributed by atoms with E-state index in [9.17, 15) is 9.59 Å². The number of nitrogens with zero attached hydrogens (tertiary/aromatic N) is 3. The molecule has 1 amide bonds. The van der Waals surface area contributed by atoms with Gasteiger partial charge in [-0.05, 0) is 51.0 Å². The molecule has 8 nitrogen and oxygen atoms in total. The molecule has 0 saturated carbocycles. The van der Waals surface area contributed by atoms with Crippen molar-refractivity contribution in [3.8, 4) is 0 Å². The standard InChI is InChI=1S/C27H31N5O3S/c1-18-10-11-22-20(14-18)30-23(32(22)26(34)35-27(2,3)4)16-28-13-12-24-31-21(17-36-24)25(33)29-15-19-8-6-5-7-9-19/h5-11,14,17,28H,12-13,15-16H2,1-4H3,(H,29,33). The van der Waals surface area contributed by atoms with Crippen LogP contribution in [-0.4, -0.2) is 38.7 Å². The summed E-state index contributed by atoms with van der Waals surface area (Å²) in [5.41, 5.74) is 3.40. The van der Waals surface area contributed by atoms with Crippen LogP contribution in [0.25, 0.3) is 11.0 Å². The van der Waals surface area contributed by atoms with Gasteiger partial charge in [-0.15, -0.1) is 11.3 Å². The van der Waals surface area contributed by atoms with E-state index in [4.69, 9.17) is 4.74 Å². The molecule has 0 aliphatic rings. The molecule has 9 heteroatoms. The van der Waals surface area contributed by atoms with Crippen molar-refractivity contribution in [3.05, 3.63) is 81.6 Å². The SMILES string of the molecule is Cc1ccc2c(c1)nc(CNCCc1nc(C(=O)NCc3ccccc3)cs1)n2C(=O)OC(C)(C)C. The highest BCUT2D eigenvalue weighted by atomic mass is 32.1. The fraction of sp³-hybridized carbons (Fsp3) is 0.333. The second-order valence-corrected chi connectivity index (χ2v) is 10.5. The highest BCUT2D eigenvalue weighted by Gasteiger charge is 2.23. The van der Waals surface area contributed by atoms with Crippen LogP contribution in [0.4, 0.5) is 4.79 Å². The molecule has 2 N–H and O–H groups in total. The molecule has 0 bridgehead atoms. The van der Waals surface area contributed by atoms with Gasteiger partial charge in [0.25, 0.3) is 5.91 Å². The van der Waals surface area contributed by atoms with Gasteiger partial charge < -0.3 is 15.4 Å². The molecule has 2 aromatic carbocycles. The molecule has 0 aliphatic carbocycles. The lowest BCUT2D eigenvalue weighted by molar-refractivity contribution is 0.0538. The number of aromatic nitrogens is 3. The Kier molecular flexibility index (Phi) is 7.81. The zero-order valence-corrected chi connectivity index (χ0v) is 21.8. The van der Waals surface area contributed by atoms with Crippen LogP contribution in [0.5, 0.6) is 0 Å². The smallest absolute Gasteiger partial charge is 0.420 e. The summed E-state index contributed by atoms with van der Waals surface area (Å²) >= 11 is 1.46. The van der Waals surface area contributed by atoms with Gasteiger partial charge in [0.2, 0.25) is 0 Å². The molecule has 2 aromatic heterocycles. The maximum atomic E-state index is 12.9. The van der Waals surface area contributed by atoms with Gasteiger partial charge in [0.15, 0.2) is 0 Å². The zero-order valence-electron chi connectivity index (χ0n) is 21.0. The highest BCUT2D eigenvalue weighted by molar-refractivity contribution is 7.09. The average molecular weight is 506 g/mol. The number of ether oxygens (including phenoxy) is 1. The van der Waals surface area contributed by atoms with Gasteiger partial charge >= 0.3 is 6.09 Å². The van der Waals surface area contributed by atoms with Gasteiger partial charge in [-0.25, -0.2) is 19.3 Å². The van der Waals surface area contributed by atoms with Gasteiger partial charge in [-0.3, -0.25) is 4.79 Å². The third-order valence-electron chi connectivity index (χ3n) is 5.33. The van der Waals surface area contributed by atoms with Crippen molar-refractivity contribution in [2.75, 3.05) is 6.54 Å². The predicted molar refractivity (Wildman–Crippen MR) is 141 cm³/mol. The topological polar surface area (TPSA) is 98.1 Å². The molecule has 0 fully saturated rings. The highest BCUT2D eigenvalue weighted by Crippen LogP contribution is 2.20. The second kappa shape index (κ2) is 11.0. The lowest BCUT2D eigenvalue weighted by Gasteiger charge is -2.20. The first-order chi connectivity index (χ1) is 17.2. The number of rotatable bonds is 8. The van der Waals surface area contributed by atoms with Gasteiger partial charge in [-0.2, -0.15) is 0 Å². The van der Waals surface area contributed by atoms with E-state index in [-0.39, 0.29) is 5.91 Å². The van der Waals surface area contributed by atoms with Crippen LogP contribution in [-0.2, 0) is 24.2 Å². The molecule has 4 aromatic rings. The van der Waals surface area contributed by atoms with E-state index >= 15 is 0 Å². The summed E-state index contributed by atoms with van der Waals surface area (Å²) in [6.07, 6.45) is 0.208. The van der Waals surface area contributed by atoms with Crippen LogP contribution in [0.1, 0.15) is 53.2 Å². The van der Waals surface area contributed by atoms with E-state index in [1.54, 1.807) is 5.38 Å². The van der Waals surface area contributed by atoms with Gasteiger partial charge in [0.1, 0.15) is 17.1 Å². The van der Waals surface area contributed by atoms with Crippen LogP contribution < -0.4 is 10.6 Å². The van der Waals surface area contributed by atoms with E-state index < -0.39 is 11.7 Å². The van der Waals surface area contributed by atoms with E-state index in [2.05, 4.69) is 20.6 Å². The number of thiazole rings is 1. The average Bonchev–Trinajstić information content (AvgIpc) is 3.44. The molecule has 36 heavy (non-hydrogen) atoms. The lowest BCUT2D eigenvalue weighted by atomic mass is 10.2. The summed E-state index contributed by atoms with van der Waals surface area (Å²) in [7, 11) is 0. The van der Waals surface area contributed by atoms with Crippen molar-refractivity contribution in [1.82, 2.24) is 25.2 Å². The summed E-state index contributed by atoms with van der Waals surface area (Å²) in [5, 5.41) is 8.89. The largest absolute Gasteiger partial charge is 0.443 e. The first kappa shape index (κ1) is 25.5. The van der Waals surface area contributed by atoms with E-state index in [1.165, 1.54) is 15.9 Å². The fourth-order valence-corrected chi connectivity index (χ4v) is 4.44. The van der Waals surface area contributed by atoms with Gasteiger partial charge in [0, 0.05) is 24.9 Å². The Morgan fingerprint density at radius 2 is 1.83 bits per heavy atom. The fourth-order valence-electron chi connectivity index (χ4n) is 3.66. The Morgan fingerprint density at radius 3 is 2.58 bits per heavy atom. The first-order valence-electron chi connectivity index (χ1n) is 11.9. The van der Waals surface area contributed by atoms with Crippen LogP contribution in [0.3, 0.4) is 0 Å². The molecule has 4 rings (SSSR count). The third-order valence-corrected chi connectivity index (χ3v) is 6.24. The maximum Gasteiger partial charge on any atom is 0.420 e. The maximum absolute atomic E-state index is 12.9. The summed E-state index contributed by atoms with van der Waals surface area (Å²) in [4.78, 5) is 34.5. The molecule has 0 atom stereocenters. The van der Waals surface area contributed by atoms with Crippen molar-refractivity contribution in [1.29, 1.82) is 0 Å². The molecule has 0 spiro atoms. The second-order valence-electron chi connectivity index (χ2n) is 9.56. The van der Waals surface area contributed by atoms with Crippen molar-refractivity contribution in [2.24, 2.45) is 0 Å². The minimum atomic E-state index is -0.612. The molecule has 0 aliphatic heterocycles. The van der Waals surface area contributed by atoms with Crippen molar-refractivity contribution in [2.45, 2.75) is 52.8 Å². The molecule has 188 valence electrons. The number of hydrogen-bond acceptors (Lipinski definition) is 7. The predicted octanol–water partition coefficient (Wildman–Crippen LogP) is 4.85. The lowest BCUT2D eigenvalue weighted by Crippen LogP contribution is -2.29. The van der Waals surface area contributed by atoms with E-state index in [0.717, 1.165) is 27.2 Å². The molecular weight excluding hydrogens is 474 g/mol. The first-order valence-corrected chi connectivity index (χ1v) is 12.8. The molecule has 0 unspecified atom stereocenters. The molecule has 0 saturated heterocycles. The Balaban J connectivity index is 1.35. The molecule has 0 radical (unpaired) electrons. The number of carbonyl (C=O) groups excluding carboxylic acids is 2.